The predicted octanol–water partition coefficient (Wildman–Crippen LogP) is 6.60. The van der Waals surface area contributed by atoms with Crippen molar-refractivity contribution in [2.24, 2.45) is 0 Å². The fraction of sp³-hybridized carbons (Fsp3) is 0.231. The first-order valence-electron chi connectivity index (χ1n) is 11.2. The number of benzene rings is 3. The van der Waals surface area contributed by atoms with E-state index in [1.54, 1.807) is 0 Å². The maximum atomic E-state index is 14.7. The molecule has 3 aromatic rings. The maximum absolute atomic E-state index is 14.7. The molecule has 0 saturated carbocycles. The minimum absolute atomic E-state index is 0.140. The SMILES string of the molecule is COC(=O)C[C@@](NC(=O)c1ccc(F)c(C(F)(F)F)c1)(c1ccc(F)cc1)c1cc(F)cc(OC(F)(F)C(F)F)c1. The second-order valence-corrected chi connectivity index (χ2v) is 8.45. The lowest BCUT2D eigenvalue weighted by molar-refractivity contribution is -0.253. The first-order chi connectivity index (χ1) is 19.0. The summed E-state index contributed by atoms with van der Waals surface area (Å²) in [5.74, 6) is -7.74. The van der Waals surface area contributed by atoms with E-state index in [2.05, 4.69) is 14.8 Å². The third-order valence-electron chi connectivity index (χ3n) is 5.71. The van der Waals surface area contributed by atoms with Crippen LogP contribution in [0.1, 0.15) is 33.5 Å². The number of hydrogen-bond acceptors (Lipinski definition) is 4. The van der Waals surface area contributed by atoms with Gasteiger partial charge < -0.3 is 14.8 Å². The molecule has 0 fully saturated rings. The Morgan fingerprint density at radius 1 is 0.829 bits per heavy atom. The van der Waals surface area contributed by atoms with E-state index < -0.39 is 82.4 Å². The van der Waals surface area contributed by atoms with Crippen LogP contribution in [-0.4, -0.2) is 31.5 Å². The van der Waals surface area contributed by atoms with E-state index in [1.807, 2.05) is 0 Å². The molecular formula is C26H17F10NO4. The normalized spacial score (nSPS) is 13.5. The third-order valence-corrected chi connectivity index (χ3v) is 5.71. The van der Waals surface area contributed by atoms with Crippen molar-refractivity contribution < 1.29 is 63.0 Å². The summed E-state index contributed by atoms with van der Waals surface area (Å²) in [6.07, 6.45) is -15.7. The van der Waals surface area contributed by atoms with Gasteiger partial charge in [0.15, 0.2) is 0 Å². The minimum Gasteiger partial charge on any atom is -0.469 e. The number of esters is 1. The van der Waals surface area contributed by atoms with Crippen LogP contribution in [0.2, 0.25) is 0 Å². The molecule has 220 valence electrons. The quantitative estimate of drug-likeness (QED) is 0.223. The number of halogens is 10. The van der Waals surface area contributed by atoms with Crippen molar-refractivity contribution in [1.82, 2.24) is 5.32 Å². The molecule has 0 radical (unpaired) electrons. The first-order valence-corrected chi connectivity index (χ1v) is 11.2. The molecular weight excluding hydrogens is 580 g/mol. The zero-order valence-electron chi connectivity index (χ0n) is 20.5. The second-order valence-electron chi connectivity index (χ2n) is 8.45. The number of hydrogen-bond donors (Lipinski definition) is 1. The van der Waals surface area contributed by atoms with Crippen LogP contribution in [-0.2, 0) is 21.2 Å². The molecule has 0 bridgehead atoms. The largest absolute Gasteiger partial charge is 0.469 e. The van der Waals surface area contributed by atoms with Crippen molar-refractivity contribution in [3.05, 3.63) is 100 Å². The van der Waals surface area contributed by atoms with Crippen molar-refractivity contribution >= 4 is 11.9 Å². The Labute approximate surface area is 224 Å². The van der Waals surface area contributed by atoms with Gasteiger partial charge in [-0.1, -0.05) is 12.1 Å². The molecule has 0 aliphatic heterocycles. The molecule has 3 aromatic carbocycles. The molecule has 0 unspecified atom stereocenters. The Morgan fingerprint density at radius 2 is 1.46 bits per heavy atom. The third kappa shape index (κ3) is 7.08. The Bertz CT molecular complexity index is 1430. The van der Waals surface area contributed by atoms with E-state index in [1.165, 1.54) is 0 Å². The molecule has 0 heterocycles. The average molecular weight is 597 g/mol. The number of nitrogens with one attached hydrogen (secondary N) is 1. The van der Waals surface area contributed by atoms with Crippen LogP contribution < -0.4 is 10.1 Å². The van der Waals surface area contributed by atoms with Crippen LogP contribution >= 0.6 is 0 Å². The molecule has 1 atom stereocenters. The topological polar surface area (TPSA) is 64.6 Å². The van der Waals surface area contributed by atoms with E-state index in [9.17, 15) is 53.5 Å². The second kappa shape index (κ2) is 11.7. The first kappa shape index (κ1) is 31.2. The number of alkyl halides is 7. The van der Waals surface area contributed by atoms with Crippen molar-refractivity contribution in [2.45, 2.75) is 30.7 Å². The number of methoxy groups -OCH3 is 1. The van der Waals surface area contributed by atoms with Crippen molar-refractivity contribution in [1.29, 1.82) is 0 Å². The lowest BCUT2D eigenvalue weighted by Gasteiger charge is -2.35. The molecule has 1 N–H and O–H groups in total. The summed E-state index contributed by atoms with van der Waals surface area (Å²) < 4.78 is 143. The van der Waals surface area contributed by atoms with Gasteiger partial charge in [0.2, 0.25) is 0 Å². The van der Waals surface area contributed by atoms with Gasteiger partial charge in [-0.3, -0.25) is 9.59 Å². The van der Waals surface area contributed by atoms with Gasteiger partial charge in [0.05, 0.1) is 19.1 Å². The lowest BCUT2D eigenvalue weighted by Crippen LogP contribution is -2.48. The molecule has 0 aliphatic rings. The van der Waals surface area contributed by atoms with Gasteiger partial charge in [-0.2, -0.15) is 30.7 Å². The zero-order valence-corrected chi connectivity index (χ0v) is 20.5. The number of amides is 1. The van der Waals surface area contributed by atoms with Gasteiger partial charge in [-0.25, -0.2) is 13.2 Å². The molecule has 0 spiro atoms. The van der Waals surface area contributed by atoms with Gasteiger partial charge in [0, 0.05) is 11.6 Å². The smallest absolute Gasteiger partial charge is 0.461 e. The molecule has 15 heteroatoms. The van der Waals surface area contributed by atoms with E-state index >= 15 is 0 Å². The highest BCUT2D eigenvalue weighted by molar-refractivity contribution is 5.96. The summed E-state index contributed by atoms with van der Waals surface area (Å²) in [6.45, 7) is 0. The molecule has 5 nitrogen and oxygen atoms in total. The van der Waals surface area contributed by atoms with Crippen LogP contribution in [0.15, 0.2) is 60.7 Å². The van der Waals surface area contributed by atoms with E-state index in [0.29, 0.717) is 24.3 Å². The molecule has 0 saturated heterocycles. The van der Waals surface area contributed by atoms with Crippen molar-refractivity contribution in [3.8, 4) is 5.75 Å². The predicted molar refractivity (Wildman–Crippen MR) is 121 cm³/mol. The molecule has 1 amide bonds. The van der Waals surface area contributed by atoms with Crippen molar-refractivity contribution in [2.75, 3.05) is 7.11 Å². The summed E-state index contributed by atoms with van der Waals surface area (Å²) in [7, 11) is 0.887. The highest BCUT2D eigenvalue weighted by Crippen LogP contribution is 2.39. The summed E-state index contributed by atoms with van der Waals surface area (Å²) in [4.78, 5) is 25.7. The zero-order chi connectivity index (χ0) is 30.8. The Kier molecular flexibility index (Phi) is 8.89. The monoisotopic (exact) mass is 597 g/mol. The standard InChI is InChI=1S/C26H17F10NO4/c1-40-21(38)12-24(14-3-5-16(27)6-4-14,15-9-17(28)11-18(10-15)41-26(35,36)23(30)31)37-22(39)13-2-7-20(29)19(8-13)25(32,33)34/h2-11,23H,12H2,1H3,(H,37,39)/t24-/m1/s1. The summed E-state index contributed by atoms with van der Waals surface area (Å²) in [5.41, 5.74) is -5.95. The highest BCUT2D eigenvalue weighted by Gasteiger charge is 2.45. The fourth-order valence-corrected chi connectivity index (χ4v) is 3.80. The summed E-state index contributed by atoms with van der Waals surface area (Å²) in [5, 5.41) is 2.19. The molecule has 0 aliphatic carbocycles. The van der Waals surface area contributed by atoms with Crippen LogP contribution in [0, 0.1) is 17.5 Å². The maximum Gasteiger partial charge on any atom is 0.461 e. The van der Waals surface area contributed by atoms with E-state index in [-0.39, 0.29) is 17.7 Å². The Morgan fingerprint density at radius 3 is 2.02 bits per heavy atom. The van der Waals surface area contributed by atoms with Gasteiger partial charge in [0.25, 0.3) is 5.91 Å². The van der Waals surface area contributed by atoms with Gasteiger partial charge in [-0.15, -0.1) is 0 Å². The van der Waals surface area contributed by atoms with Crippen molar-refractivity contribution in [3.63, 3.8) is 0 Å². The fourth-order valence-electron chi connectivity index (χ4n) is 3.80. The Balaban J connectivity index is 2.27. The van der Waals surface area contributed by atoms with E-state index in [4.69, 9.17) is 0 Å². The molecule has 3 rings (SSSR count). The average Bonchev–Trinajstić information content (AvgIpc) is 2.87. The molecule has 41 heavy (non-hydrogen) atoms. The van der Waals surface area contributed by atoms with Crippen LogP contribution in [0.4, 0.5) is 43.9 Å². The lowest BCUT2D eigenvalue weighted by atomic mass is 9.79. The Hall–Kier alpha value is -4.30. The van der Waals surface area contributed by atoms with Crippen LogP contribution in [0.3, 0.4) is 0 Å². The number of carbonyl (C=O) groups excluding carboxylic acids is 2. The summed E-state index contributed by atoms with van der Waals surface area (Å²) in [6, 6.07) is 6.08. The summed E-state index contributed by atoms with van der Waals surface area (Å²) >= 11 is 0. The number of carbonyl (C=O) groups is 2. The van der Waals surface area contributed by atoms with Crippen LogP contribution in [0.25, 0.3) is 0 Å². The highest BCUT2D eigenvalue weighted by atomic mass is 19.4. The van der Waals surface area contributed by atoms with Crippen LogP contribution in [0.5, 0.6) is 5.75 Å². The van der Waals surface area contributed by atoms with Gasteiger partial charge >= 0.3 is 24.7 Å². The minimum atomic E-state index is -5.23. The van der Waals surface area contributed by atoms with E-state index in [0.717, 1.165) is 31.4 Å². The van der Waals surface area contributed by atoms with Gasteiger partial charge in [-0.05, 0) is 53.6 Å². The number of rotatable bonds is 9. The van der Waals surface area contributed by atoms with Gasteiger partial charge in [0.1, 0.15) is 28.7 Å². The molecule has 0 aromatic heterocycles. The number of ether oxygens (including phenoxy) is 2.